The Bertz CT molecular complexity index is 1400. The van der Waals surface area contributed by atoms with Gasteiger partial charge in [0.05, 0.1) is 18.3 Å². The first-order valence-corrected chi connectivity index (χ1v) is 12.0. The van der Waals surface area contributed by atoms with E-state index in [0.29, 0.717) is 5.56 Å². The number of aromatic amines is 1. The van der Waals surface area contributed by atoms with E-state index >= 15 is 0 Å². The summed E-state index contributed by atoms with van der Waals surface area (Å²) in [5.74, 6) is -3.77. The molecule has 0 spiro atoms. The van der Waals surface area contributed by atoms with Crippen molar-refractivity contribution in [2.24, 2.45) is 0 Å². The van der Waals surface area contributed by atoms with Gasteiger partial charge in [0, 0.05) is 12.3 Å². The molecule has 0 amide bonds. The monoisotopic (exact) mass is 495 g/mol. The molecule has 0 unspecified atom stereocenters. The number of aromatic nitrogens is 2. The van der Waals surface area contributed by atoms with Crippen LogP contribution in [-0.2, 0) is 10.0 Å². The Hall–Kier alpha value is -3.09. The standard InChI is InChI=1S/C22H23F2N3O6S/c1-10-4-5-13(23)17(11(10)2)12(3)19(21-25-26-22(29)33-21)27-34(30,31)16-7-6-14(24)18-15(28)8-9-32-20(16)18/h4-7,12,15,19,27-28H,8-9H2,1-3H3,(H,26,29)/t12-,15-,19+/m1/s1. The van der Waals surface area contributed by atoms with Crippen molar-refractivity contribution in [3.8, 4) is 5.75 Å². The molecular formula is C22H23F2N3O6S. The molecule has 1 aliphatic heterocycles. The van der Waals surface area contributed by atoms with E-state index in [1.54, 1.807) is 26.8 Å². The van der Waals surface area contributed by atoms with Crippen LogP contribution in [0.4, 0.5) is 8.78 Å². The number of aliphatic hydroxyl groups excluding tert-OH is 1. The van der Waals surface area contributed by atoms with E-state index in [9.17, 15) is 27.1 Å². The number of rotatable bonds is 6. The first-order chi connectivity index (χ1) is 16.0. The van der Waals surface area contributed by atoms with Crippen LogP contribution in [0.2, 0.25) is 0 Å². The fourth-order valence-corrected chi connectivity index (χ4v) is 5.57. The van der Waals surface area contributed by atoms with Gasteiger partial charge in [0.1, 0.15) is 28.3 Å². The van der Waals surface area contributed by atoms with Gasteiger partial charge >= 0.3 is 5.76 Å². The van der Waals surface area contributed by atoms with Gasteiger partial charge < -0.3 is 14.3 Å². The highest BCUT2D eigenvalue weighted by Gasteiger charge is 2.36. The summed E-state index contributed by atoms with van der Waals surface area (Å²) in [5, 5.41) is 16.0. The smallest absolute Gasteiger partial charge is 0.434 e. The van der Waals surface area contributed by atoms with Gasteiger partial charge in [-0.1, -0.05) is 13.0 Å². The van der Waals surface area contributed by atoms with Crippen LogP contribution in [0.25, 0.3) is 0 Å². The van der Waals surface area contributed by atoms with Gasteiger partial charge in [-0.25, -0.2) is 27.1 Å². The van der Waals surface area contributed by atoms with Crippen molar-refractivity contribution in [3.05, 3.63) is 74.6 Å². The topological polar surface area (TPSA) is 135 Å². The molecule has 182 valence electrons. The van der Waals surface area contributed by atoms with Gasteiger partial charge in [-0.2, -0.15) is 4.72 Å². The molecule has 1 aromatic heterocycles. The third-order valence-corrected chi connectivity index (χ3v) is 7.52. The number of hydrogen-bond acceptors (Lipinski definition) is 7. The highest BCUT2D eigenvalue weighted by atomic mass is 32.2. The number of sulfonamides is 1. The van der Waals surface area contributed by atoms with E-state index in [2.05, 4.69) is 14.9 Å². The van der Waals surface area contributed by atoms with Crippen molar-refractivity contribution < 1.29 is 31.5 Å². The summed E-state index contributed by atoms with van der Waals surface area (Å²) in [4.78, 5) is 11.2. The van der Waals surface area contributed by atoms with Gasteiger partial charge in [0.2, 0.25) is 15.9 Å². The molecule has 3 N–H and O–H groups in total. The van der Waals surface area contributed by atoms with Crippen molar-refractivity contribution in [3.63, 3.8) is 0 Å². The summed E-state index contributed by atoms with van der Waals surface area (Å²) >= 11 is 0. The number of ether oxygens (including phenoxy) is 1. The highest BCUT2D eigenvalue weighted by Crippen LogP contribution is 2.40. The summed E-state index contributed by atoms with van der Waals surface area (Å²) in [6.45, 7) is 5.03. The molecule has 1 aliphatic rings. The Morgan fingerprint density at radius 1 is 1.21 bits per heavy atom. The van der Waals surface area contributed by atoms with E-state index in [1.807, 2.05) is 0 Å². The molecule has 3 aromatic rings. The number of halogens is 2. The summed E-state index contributed by atoms with van der Waals surface area (Å²) in [6, 6.07) is 3.49. The van der Waals surface area contributed by atoms with Gasteiger partial charge in [-0.3, -0.25) is 0 Å². The van der Waals surface area contributed by atoms with Crippen LogP contribution in [-0.4, -0.2) is 30.3 Å². The van der Waals surface area contributed by atoms with Crippen molar-refractivity contribution in [1.82, 2.24) is 14.9 Å². The zero-order valence-corrected chi connectivity index (χ0v) is 19.4. The third kappa shape index (κ3) is 4.24. The summed E-state index contributed by atoms with van der Waals surface area (Å²) in [7, 11) is -4.46. The Morgan fingerprint density at radius 3 is 2.59 bits per heavy atom. The lowest BCUT2D eigenvalue weighted by Gasteiger charge is -2.27. The van der Waals surface area contributed by atoms with Crippen molar-refractivity contribution in [1.29, 1.82) is 0 Å². The van der Waals surface area contributed by atoms with E-state index in [0.717, 1.165) is 17.7 Å². The Morgan fingerprint density at radius 2 is 1.91 bits per heavy atom. The van der Waals surface area contributed by atoms with Crippen molar-refractivity contribution in [2.45, 2.75) is 50.2 Å². The average Bonchev–Trinajstić information content (AvgIpc) is 3.21. The molecule has 0 saturated heterocycles. The second-order valence-electron chi connectivity index (χ2n) is 8.18. The largest absolute Gasteiger partial charge is 0.492 e. The summed E-state index contributed by atoms with van der Waals surface area (Å²) in [5.41, 5.74) is 1.33. The molecule has 0 radical (unpaired) electrons. The predicted octanol–water partition coefficient (Wildman–Crippen LogP) is 2.90. The number of H-pyrrole nitrogens is 1. The lowest BCUT2D eigenvalue weighted by molar-refractivity contribution is 0.108. The Balaban J connectivity index is 1.82. The van der Waals surface area contributed by atoms with Crippen LogP contribution in [0.5, 0.6) is 5.75 Å². The van der Waals surface area contributed by atoms with Crippen LogP contribution in [0.1, 0.15) is 59.6 Å². The lowest BCUT2D eigenvalue weighted by Crippen LogP contribution is -2.33. The molecular weight excluding hydrogens is 472 g/mol. The maximum atomic E-state index is 14.8. The Labute approximate surface area is 193 Å². The highest BCUT2D eigenvalue weighted by molar-refractivity contribution is 7.89. The number of aliphatic hydroxyl groups is 1. The molecule has 2 aromatic carbocycles. The molecule has 2 heterocycles. The quantitative estimate of drug-likeness (QED) is 0.479. The molecule has 0 bridgehead atoms. The molecule has 4 rings (SSSR count). The van der Waals surface area contributed by atoms with Crippen LogP contribution in [0.3, 0.4) is 0 Å². The molecule has 9 nitrogen and oxygen atoms in total. The molecule has 0 fully saturated rings. The molecule has 0 saturated carbocycles. The SMILES string of the molecule is Cc1ccc(F)c([C@@H](C)[C@H](NS(=O)(=O)c2ccc(F)c3c2OCC[C@H]3O)c2n[nH]c(=O)o2)c1C. The first-order valence-electron chi connectivity index (χ1n) is 10.5. The van der Waals surface area contributed by atoms with E-state index in [1.165, 1.54) is 6.07 Å². The lowest BCUT2D eigenvalue weighted by atomic mass is 9.88. The number of aryl methyl sites for hydroxylation is 1. The molecule has 12 heteroatoms. The van der Waals surface area contributed by atoms with Crippen LogP contribution < -0.4 is 15.2 Å². The van der Waals surface area contributed by atoms with Crippen LogP contribution >= 0.6 is 0 Å². The summed E-state index contributed by atoms with van der Waals surface area (Å²) in [6.07, 6.45) is -1.13. The predicted molar refractivity (Wildman–Crippen MR) is 116 cm³/mol. The van der Waals surface area contributed by atoms with E-state index in [4.69, 9.17) is 9.15 Å². The van der Waals surface area contributed by atoms with Gasteiger partial charge in [0.25, 0.3) is 0 Å². The molecule has 0 aliphatic carbocycles. The zero-order chi connectivity index (χ0) is 24.8. The van der Waals surface area contributed by atoms with Crippen molar-refractivity contribution in [2.75, 3.05) is 6.61 Å². The number of hydrogen-bond donors (Lipinski definition) is 3. The van der Waals surface area contributed by atoms with E-state index in [-0.39, 0.29) is 35.8 Å². The van der Waals surface area contributed by atoms with Crippen molar-refractivity contribution >= 4 is 10.0 Å². The molecule has 34 heavy (non-hydrogen) atoms. The Kier molecular flexibility index (Phi) is 6.32. The normalized spacial score (nSPS) is 17.6. The maximum absolute atomic E-state index is 14.8. The minimum atomic E-state index is -4.46. The third-order valence-electron chi connectivity index (χ3n) is 6.06. The molecule has 3 atom stereocenters. The zero-order valence-electron chi connectivity index (χ0n) is 18.6. The summed E-state index contributed by atoms with van der Waals surface area (Å²) < 4.78 is 68.9. The minimum Gasteiger partial charge on any atom is -0.492 e. The van der Waals surface area contributed by atoms with Crippen LogP contribution in [0.15, 0.2) is 38.4 Å². The van der Waals surface area contributed by atoms with Gasteiger partial charge in [-0.05, 0) is 48.7 Å². The van der Waals surface area contributed by atoms with Gasteiger partial charge in [-0.15, -0.1) is 5.10 Å². The van der Waals surface area contributed by atoms with Gasteiger partial charge in [0.15, 0.2) is 0 Å². The number of fused-ring (bicyclic) bond motifs is 1. The maximum Gasteiger partial charge on any atom is 0.434 e. The fraction of sp³-hybridized carbons (Fsp3) is 0.364. The second-order valence-corrected chi connectivity index (χ2v) is 9.87. The minimum absolute atomic E-state index is 0.0120. The first kappa shape index (κ1) is 24.0. The fourth-order valence-electron chi connectivity index (χ4n) is 4.14. The van der Waals surface area contributed by atoms with E-state index < -0.39 is 50.4 Å². The van der Waals surface area contributed by atoms with Crippen LogP contribution in [0, 0.1) is 25.5 Å². The number of nitrogens with zero attached hydrogens (tertiary/aromatic N) is 1. The number of nitrogens with one attached hydrogen (secondary N) is 2. The average molecular weight is 496 g/mol. The second kappa shape index (κ2) is 8.93. The number of benzene rings is 2.